The Kier molecular flexibility index (Phi) is 22.4. The Labute approximate surface area is 28.0 Å². The molecular weight excluding hydrogens is 73.0 g/mol. The largest absolute Gasteiger partial charge is 0.392 e. The molecule has 0 rings (SSSR count). The van der Waals surface area contributed by atoms with Crippen LogP contribution in [0.15, 0.2) is 0 Å². The van der Waals surface area contributed by atoms with E-state index in [1.807, 2.05) is 0 Å². The van der Waals surface area contributed by atoms with Crippen molar-refractivity contribution in [2.45, 2.75) is 0 Å². The fraction of sp³-hybridized carbons (Fsp3) is 1.00. The van der Waals surface area contributed by atoms with Gasteiger partial charge in [-0.2, -0.15) is 0 Å². The van der Waals surface area contributed by atoms with Crippen molar-refractivity contribution < 1.29 is 5.11 Å². The van der Waals surface area contributed by atoms with Gasteiger partial charge in [-0.05, 0) is 0 Å². The van der Waals surface area contributed by atoms with E-state index in [1.54, 1.807) is 0 Å². The standard InChI is InChI=1S/CH5OP.H3N/c2-1-3;/h2H,1,3H2;1H3. The Morgan fingerprint density at radius 2 is 1.75 bits per heavy atom. The van der Waals surface area contributed by atoms with Gasteiger partial charge >= 0.3 is 0 Å². The molecule has 0 aromatic rings. The van der Waals surface area contributed by atoms with Gasteiger partial charge in [0.05, 0.1) is 6.35 Å². The number of aliphatic hydroxyl groups excluding tert-OH is 1. The van der Waals surface area contributed by atoms with E-state index in [0.717, 1.165) is 0 Å². The van der Waals surface area contributed by atoms with Crippen LogP contribution in [0, 0.1) is 0 Å². The van der Waals surface area contributed by atoms with E-state index in [9.17, 15) is 0 Å². The molecule has 0 saturated carbocycles. The third-order valence-electron chi connectivity index (χ3n) is 0. The second-order valence-electron chi connectivity index (χ2n) is 0.183. The molecule has 0 aromatic carbocycles. The second kappa shape index (κ2) is 10.2. The van der Waals surface area contributed by atoms with Gasteiger partial charge in [0.25, 0.3) is 0 Å². The van der Waals surface area contributed by atoms with E-state index in [-0.39, 0.29) is 12.5 Å². The van der Waals surface area contributed by atoms with Crippen molar-refractivity contribution >= 4 is 9.24 Å². The third kappa shape index (κ3) is 35.0. The van der Waals surface area contributed by atoms with Gasteiger partial charge in [0.2, 0.25) is 0 Å². The monoisotopic (exact) mass is 81.0 g/mol. The first-order valence-electron chi connectivity index (χ1n) is 0.724. The van der Waals surface area contributed by atoms with E-state index in [0.29, 0.717) is 0 Å². The van der Waals surface area contributed by atoms with Gasteiger partial charge in [0.15, 0.2) is 0 Å². The fourth-order valence-electron chi connectivity index (χ4n) is 0. The molecule has 1 unspecified atom stereocenters. The summed E-state index contributed by atoms with van der Waals surface area (Å²) in [5.74, 6) is 0. The first-order chi connectivity index (χ1) is 1.41. The molecule has 0 aliphatic carbocycles. The molecule has 0 radical (unpaired) electrons. The number of aliphatic hydroxyl groups is 1. The molecule has 0 aromatic heterocycles. The molecule has 4 N–H and O–H groups in total. The van der Waals surface area contributed by atoms with Crippen molar-refractivity contribution in [2.75, 3.05) is 6.35 Å². The number of rotatable bonds is 0. The number of hydrogen-bond donors (Lipinski definition) is 2. The minimum atomic E-state index is 0. The summed E-state index contributed by atoms with van der Waals surface area (Å²) in [7, 11) is 2.13. The van der Waals surface area contributed by atoms with Gasteiger partial charge in [0.1, 0.15) is 0 Å². The molecule has 28 valence electrons. The zero-order chi connectivity index (χ0) is 2.71. The summed E-state index contributed by atoms with van der Waals surface area (Å²) in [4.78, 5) is 0. The minimum Gasteiger partial charge on any atom is -0.392 e. The summed E-state index contributed by atoms with van der Waals surface area (Å²) in [5.41, 5.74) is 0. The van der Waals surface area contributed by atoms with Crippen LogP contribution < -0.4 is 6.15 Å². The highest BCUT2D eigenvalue weighted by Gasteiger charge is 1.33. The predicted octanol–water partition coefficient (Wildman–Crippen LogP) is -0.0267. The first-order valence-corrected chi connectivity index (χ1v) is 1.54. The summed E-state index contributed by atoms with van der Waals surface area (Å²) in [5, 5.41) is 7.53. The van der Waals surface area contributed by atoms with E-state index in [1.165, 1.54) is 0 Å². The van der Waals surface area contributed by atoms with Gasteiger partial charge in [0, 0.05) is 0 Å². The van der Waals surface area contributed by atoms with Crippen molar-refractivity contribution in [2.24, 2.45) is 0 Å². The topological polar surface area (TPSA) is 55.2 Å². The highest BCUT2D eigenvalue weighted by Crippen LogP contribution is 1.63. The van der Waals surface area contributed by atoms with Crippen molar-refractivity contribution in [3.63, 3.8) is 0 Å². The third-order valence-corrected chi connectivity index (χ3v) is 0. The lowest BCUT2D eigenvalue weighted by Crippen LogP contribution is -1.47. The molecule has 1 atom stereocenters. The van der Waals surface area contributed by atoms with Crippen molar-refractivity contribution in [3.8, 4) is 0 Å². The summed E-state index contributed by atoms with van der Waals surface area (Å²) >= 11 is 0. The van der Waals surface area contributed by atoms with Crippen molar-refractivity contribution in [3.05, 3.63) is 0 Å². The van der Waals surface area contributed by atoms with Crippen LogP contribution in [-0.4, -0.2) is 11.5 Å². The van der Waals surface area contributed by atoms with Crippen LogP contribution in [0.5, 0.6) is 0 Å². The highest BCUT2D eigenvalue weighted by atomic mass is 31.0. The molecule has 0 saturated heterocycles. The molecule has 0 amide bonds. The maximum Gasteiger partial charge on any atom is 0.0567 e. The zero-order valence-corrected chi connectivity index (χ0v) is 3.59. The van der Waals surface area contributed by atoms with Gasteiger partial charge in [-0.25, -0.2) is 0 Å². The normalized spacial score (nSPS) is 4.50. The molecule has 0 fully saturated rings. The molecule has 0 bridgehead atoms. The zero-order valence-electron chi connectivity index (χ0n) is 2.44. The van der Waals surface area contributed by atoms with Crippen LogP contribution in [-0.2, 0) is 0 Å². The van der Waals surface area contributed by atoms with E-state index in [2.05, 4.69) is 9.24 Å². The second-order valence-corrected chi connectivity index (χ2v) is 0.548. The van der Waals surface area contributed by atoms with E-state index >= 15 is 0 Å². The Bertz CT molecular complexity index is 8.00. The van der Waals surface area contributed by atoms with Crippen LogP contribution in [0.1, 0.15) is 0 Å². The van der Waals surface area contributed by atoms with Crippen LogP contribution in [0.25, 0.3) is 0 Å². The highest BCUT2D eigenvalue weighted by molar-refractivity contribution is 7.16. The average Bonchev–Trinajstić information content (AvgIpc) is 0.918. The summed E-state index contributed by atoms with van der Waals surface area (Å²) < 4.78 is 0. The molecule has 0 aliphatic rings. The van der Waals surface area contributed by atoms with Gasteiger partial charge < -0.3 is 11.3 Å². The lowest BCUT2D eigenvalue weighted by molar-refractivity contribution is 0.375. The molecule has 0 spiro atoms. The first kappa shape index (κ1) is 8.84. The summed E-state index contributed by atoms with van der Waals surface area (Å²) in [6.07, 6.45) is 0.167. The molecule has 0 heterocycles. The summed E-state index contributed by atoms with van der Waals surface area (Å²) in [6, 6.07) is 0. The quantitative estimate of drug-likeness (QED) is 0.402. The van der Waals surface area contributed by atoms with Gasteiger partial charge in [-0.3, -0.25) is 0 Å². The maximum absolute atomic E-state index is 7.53. The van der Waals surface area contributed by atoms with Crippen LogP contribution >= 0.6 is 9.24 Å². The van der Waals surface area contributed by atoms with Crippen LogP contribution in [0.2, 0.25) is 0 Å². The molecule has 0 aliphatic heterocycles. The molecule has 2 nitrogen and oxygen atoms in total. The Balaban J connectivity index is 0. The maximum atomic E-state index is 7.53. The molecular formula is CH8NOP. The minimum absolute atomic E-state index is 0. The Morgan fingerprint density at radius 3 is 1.75 bits per heavy atom. The molecule has 3 heteroatoms. The lowest BCUT2D eigenvalue weighted by atomic mass is 11.7. The Morgan fingerprint density at radius 1 is 1.75 bits per heavy atom. The lowest BCUT2D eigenvalue weighted by Gasteiger charge is -1.53. The predicted molar refractivity (Wildman–Crippen MR) is 21.8 cm³/mol. The van der Waals surface area contributed by atoms with E-state index < -0.39 is 0 Å². The SMILES string of the molecule is N.OCP. The van der Waals surface area contributed by atoms with Gasteiger partial charge in [-0.15, -0.1) is 9.24 Å². The van der Waals surface area contributed by atoms with Gasteiger partial charge in [-0.1, -0.05) is 0 Å². The Hall–Kier alpha value is 0.350. The van der Waals surface area contributed by atoms with Crippen LogP contribution in [0.3, 0.4) is 0 Å². The smallest absolute Gasteiger partial charge is 0.0567 e. The summed E-state index contributed by atoms with van der Waals surface area (Å²) in [6.45, 7) is 0. The van der Waals surface area contributed by atoms with Crippen molar-refractivity contribution in [1.29, 1.82) is 0 Å². The van der Waals surface area contributed by atoms with Crippen LogP contribution in [0.4, 0.5) is 0 Å². The van der Waals surface area contributed by atoms with Crippen molar-refractivity contribution in [1.82, 2.24) is 6.15 Å². The number of hydrogen-bond acceptors (Lipinski definition) is 2. The molecule has 4 heavy (non-hydrogen) atoms. The average molecular weight is 81.1 g/mol. The fourth-order valence-corrected chi connectivity index (χ4v) is 0. The van der Waals surface area contributed by atoms with E-state index in [4.69, 9.17) is 5.11 Å².